The van der Waals surface area contributed by atoms with E-state index in [0.29, 0.717) is 29.0 Å². The average Bonchev–Trinajstić information content (AvgIpc) is 3.69. The molecular formula is C29H25N7O2S. The maximum atomic E-state index is 12.2. The molecule has 6 rings (SSSR count). The number of carbonyl (C=O) groups is 2. The number of H-pyrrole nitrogens is 2. The lowest BCUT2D eigenvalue weighted by atomic mass is 10.1. The summed E-state index contributed by atoms with van der Waals surface area (Å²) in [6, 6.07) is 13.5. The lowest BCUT2D eigenvalue weighted by Crippen LogP contribution is -2.11. The van der Waals surface area contributed by atoms with E-state index in [1.165, 1.54) is 11.3 Å². The van der Waals surface area contributed by atoms with Crippen LogP contribution in [0, 0.1) is 0 Å². The number of anilines is 1. The van der Waals surface area contributed by atoms with Gasteiger partial charge in [-0.2, -0.15) is 5.10 Å². The Labute approximate surface area is 227 Å². The van der Waals surface area contributed by atoms with Crippen LogP contribution in [0.3, 0.4) is 0 Å². The molecule has 0 aliphatic rings. The summed E-state index contributed by atoms with van der Waals surface area (Å²) in [5.74, 6) is 0.0268. The number of pyridine rings is 3. The smallest absolute Gasteiger partial charge is 0.224 e. The standard InChI is InChI=1S/C29H25N7O2S/c1-3-4-5-26(38)32-18-12-17(14-30-15-18)21-6-7-22-27(33-21)28(36-35-22)23-13-20-19(10-11-31-29(20)34-23)25-9-8-24(39-25)16(2)37/h6-15H,3-5H2,1-2H3,(H,31,34)(H,32,38)(H,35,36). The topological polar surface area (TPSA) is 129 Å². The maximum Gasteiger partial charge on any atom is 0.224 e. The second-order valence-electron chi connectivity index (χ2n) is 9.30. The number of hydrogen-bond acceptors (Lipinski definition) is 7. The Balaban J connectivity index is 1.36. The van der Waals surface area contributed by atoms with Gasteiger partial charge < -0.3 is 10.3 Å². The number of Topliss-reactive ketones (excluding diaryl/α,β-unsaturated/α-hetero) is 1. The Morgan fingerprint density at radius 3 is 2.79 bits per heavy atom. The number of hydrogen-bond donors (Lipinski definition) is 3. The molecule has 0 aliphatic carbocycles. The van der Waals surface area contributed by atoms with Crippen molar-refractivity contribution in [2.24, 2.45) is 0 Å². The largest absolute Gasteiger partial charge is 0.338 e. The van der Waals surface area contributed by atoms with E-state index in [0.717, 1.165) is 56.0 Å². The number of ketones is 1. The van der Waals surface area contributed by atoms with Gasteiger partial charge in [-0.1, -0.05) is 13.3 Å². The van der Waals surface area contributed by atoms with Gasteiger partial charge in [0, 0.05) is 40.2 Å². The first-order valence-corrected chi connectivity index (χ1v) is 13.5. The van der Waals surface area contributed by atoms with Gasteiger partial charge in [0.2, 0.25) is 5.91 Å². The molecule has 0 aromatic carbocycles. The molecule has 0 spiro atoms. The van der Waals surface area contributed by atoms with Gasteiger partial charge in [-0.15, -0.1) is 11.3 Å². The van der Waals surface area contributed by atoms with E-state index < -0.39 is 0 Å². The molecule has 6 aromatic rings. The van der Waals surface area contributed by atoms with Crippen molar-refractivity contribution in [1.29, 1.82) is 0 Å². The molecule has 10 heteroatoms. The van der Waals surface area contributed by atoms with Crippen LogP contribution in [-0.2, 0) is 4.79 Å². The molecule has 6 heterocycles. The maximum absolute atomic E-state index is 12.2. The van der Waals surface area contributed by atoms with Crippen LogP contribution in [0.25, 0.3) is 55.2 Å². The van der Waals surface area contributed by atoms with E-state index in [1.54, 1.807) is 25.5 Å². The molecule has 0 bridgehead atoms. The summed E-state index contributed by atoms with van der Waals surface area (Å²) in [5, 5.41) is 11.5. The van der Waals surface area contributed by atoms with Crippen LogP contribution < -0.4 is 5.32 Å². The van der Waals surface area contributed by atoms with Gasteiger partial charge in [0.25, 0.3) is 0 Å². The number of amides is 1. The third-order valence-corrected chi connectivity index (χ3v) is 7.71. The predicted octanol–water partition coefficient (Wildman–Crippen LogP) is 6.62. The lowest BCUT2D eigenvalue weighted by molar-refractivity contribution is -0.116. The first kappa shape index (κ1) is 24.6. The van der Waals surface area contributed by atoms with Crippen LogP contribution in [0.1, 0.15) is 42.8 Å². The van der Waals surface area contributed by atoms with Crippen LogP contribution in [0.15, 0.2) is 61.1 Å². The fourth-order valence-corrected chi connectivity index (χ4v) is 5.44. The van der Waals surface area contributed by atoms with Gasteiger partial charge in [0.1, 0.15) is 16.9 Å². The Morgan fingerprint density at radius 2 is 1.97 bits per heavy atom. The summed E-state index contributed by atoms with van der Waals surface area (Å²) >= 11 is 1.47. The van der Waals surface area contributed by atoms with Crippen molar-refractivity contribution < 1.29 is 9.59 Å². The fourth-order valence-electron chi connectivity index (χ4n) is 4.50. The van der Waals surface area contributed by atoms with Crippen molar-refractivity contribution in [2.75, 3.05) is 5.32 Å². The Bertz CT molecular complexity index is 1850. The first-order chi connectivity index (χ1) is 19.0. The number of carbonyl (C=O) groups excluding carboxylic acids is 2. The minimum Gasteiger partial charge on any atom is -0.338 e. The molecule has 1 amide bonds. The van der Waals surface area contributed by atoms with E-state index in [4.69, 9.17) is 4.98 Å². The molecule has 0 aliphatic heterocycles. The van der Waals surface area contributed by atoms with Gasteiger partial charge in [0.05, 0.1) is 33.7 Å². The normalized spacial score (nSPS) is 11.3. The Hall–Kier alpha value is -4.70. The number of fused-ring (bicyclic) bond motifs is 2. The minimum absolute atomic E-state index is 0.0248. The molecule has 6 aromatic heterocycles. The van der Waals surface area contributed by atoms with Gasteiger partial charge in [0.15, 0.2) is 5.78 Å². The highest BCUT2D eigenvalue weighted by Crippen LogP contribution is 2.36. The van der Waals surface area contributed by atoms with Crippen molar-refractivity contribution in [3.05, 3.63) is 65.9 Å². The van der Waals surface area contributed by atoms with Crippen LogP contribution >= 0.6 is 11.3 Å². The fraction of sp³-hybridized carbons (Fsp3) is 0.172. The molecule has 39 heavy (non-hydrogen) atoms. The zero-order valence-electron chi connectivity index (χ0n) is 21.4. The van der Waals surface area contributed by atoms with Crippen molar-refractivity contribution in [2.45, 2.75) is 33.1 Å². The lowest BCUT2D eigenvalue weighted by Gasteiger charge is -2.07. The average molecular weight is 536 g/mol. The second-order valence-corrected chi connectivity index (χ2v) is 10.4. The molecule has 194 valence electrons. The number of rotatable bonds is 8. The first-order valence-electron chi connectivity index (χ1n) is 12.7. The van der Waals surface area contributed by atoms with E-state index in [9.17, 15) is 9.59 Å². The van der Waals surface area contributed by atoms with E-state index >= 15 is 0 Å². The predicted molar refractivity (Wildman–Crippen MR) is 154 cm³/mol. The molecule has 0 unspecified atom stereocenters. The van der Waals surface area contributed by atoms with Crippen molar-refractivity contribution >= 4 is 50.8 Å². The van der Waals surface area contributed by atoms with E-state index in [2.05, 4.69) is 37.4 Å². The summed E-state index contributed by atoms with van der Waals surface area (Å²) in [6.45, 7) is 3.63. The summed E-state index contributed by atoms with van der Waals surface area (Å²) in [7, 11) is 0. The van der Waals surface area contributed by atoms with Gasteiger partial charge in [-0.25, -0.2) is 9.97 Å². The molecule has 0 fully saturated rings. The molecule has 9 nitrogen and oxygen atoms in total. The molecule has 3 N–H and O–H groups in total. The SMILES string of the molecule is CCCCC(=O)Nc1cncc(-c2ccc3[nH]nc(-c4cc5c(-c6ccc(C(C)=O)s6)ccnc5[nH]4)c3n2)c1. The van der Waals surface area contributed by atoms with Crippen molar-refractivity contribution in [3.8, 4) is 33.1 Å². The highest BCUT2D eigenvalue weighted by Gasteiger charge is 2.17. The highest BCUT2D eigenvalue weighted by molar-refractivity contribution is 7.17. The minimum atomic E-state index is -0.0248. The number of nitrogens with zero attached hydrogens (tertiary/aromatic N) is 4. The number of aromatic amines is 2. The third-order valence-electron chi connectivity index (χ3n) is 6.49. The van der Waals surface area contributed by atoms with Crippen LogP contribution in [-0.4, -0.2) is 41.8 Å². The molecule has 0 saturated carbocycles. The zero-order valence-corrected chi connectivity index (χ0v) is 22.2. The van der Waals surface area contributed by atoms with Crippen molar-refractivity contribution in [3.63, 3.8) is 0 Å². The quantitative estimate of drug-likeness (QED) is 0.188. The van der Waals surface area contributed by atoms with Crippen LogP contribution in [0.4, 0.5) is 5.69 Å². The summed E-state index contributed by atoms with van der Waals surface area (Å²) in [4.78, 5) is 42.8. The number of nitrogens with one attached hydrogen (secondary N) is 3. The van der Waals surface area contributed by atoms with E-state index in [-0.39, 0.29) is 11.7 Å². The molecule has 0 atom stereocenters. The summed E-state index contributed by atoms with van der Waals surface area (Å²) in [6.07, 6.45) is 7.41. The molecule has 0 radical (unpaired) electrons. The molecule has 0 saturated heterocycles. The number of thiophene rings is 1. The Morgan fingerprint density at radius 1 is 1.08 bits per heavy atom. The van der Waals surface area contributed by atoms with Crippen molar-refractivity contribution in [1.82, 2.24) is 30.1 Å². The molecular weight excluding hydrogens is 510 g/mol. The third kappa shape index (κ3) is 4.82. The van der Waals surface area contributed by atoms with Gasteiger partial charge in [-0.3, -0.25) is 19.7 Å². The highest BCUT2D eigenvalue weighted by atomic mass is 32.1. The zero-order chi connectivity index (χ0) is 26.9. The van der Waals surface area contributed by atoms with Gasteiger partial charge in [-0.05, 0) is 55.8 Å². The Kier molecular flexibility index (Phi) is 6.45. The summed E-state index contributed by atoms with van der Waals surface area (Å²) in [5.41, 5.74) is 6.81. The number of unbranched alkanes of at least 4 members (excludes halogenated alkanes) is 1. The summed E-state index contributed by atoms with van der Waals surface area (Å²) < 4.78 is 0. The number of aromatic nitrogens is 6. The van der Waals surface area contributed by atoms with Gasteiger partial charge >= 0.3 is 0 Å². The van der Waals surface area contributed by atoms with E-state index in [1.807, 2.05) is 42.5 Å². The van der Waals surface area contributed by atoms with Crippen LogP contribution in [0.5, 0.6) is 0 Å². The van der Waals surface area contributed by atoms with Crippen LogP contribution in [0.2, 0.25) is 0 Å². The second kappa shape index (κ2) is 10.2. The monoisotopic (exact) mass is 535 g/mol.